The lowest BCUT2D eigenvalue weighted by Crippen LogP contribution is -2.14. The lowest BCUT2D eigenvalue weighted by Gasteiger charge is -2.13. The maximum absolute atomic E-state index is 12.2. The lowest BCUT2D eigenvalue weighted by molar-refractivity contribution is -0.114. The van der Waals surface area contributed by atoms with E-state index in [1.807, 2.05) is 6.07 Å². The third kappa shape index (κ3) is 6.36. The van der Waals surface area contributed by atoms with Gasteiger partial charge in [0.15, 0.2) is 11.5 Å². The Kier molecular flexibility index (Phi) is 8.09. The minimum absolute atomic E-state index is 0.152. The predicted octanol–water partition coefficient (Wildman–Crippen LogP) is 3.86. The molecule has 0 atom stereocenters. The summed E-state index contributed by atoms with van der Waals surface area (Å²) in [5, 5.41) is 14.6. The molecule has 0 radical (unpaired) electrons. The highest BCUT2D eigenvalue weighted by Crippen LogP contribution is 2.40. The second-order valence-electron chi connectivity index (χ2n) is 6.77. The second-order valence-corrected chi connectivity index (χ2v) is 7.76. The molecule has 1 aromatic heterocycles. The molecule has 0 aliphatic rings. The zero-order chi connectivity index (χ0) is 23.8. The Morgan fingerprint density at radius 3 is 1.94 bits per heavy atom. The monoisotopic (exact) mass is 468 g/mol. The largest absolute Gasteiger partial charge is 0.493 e. The van der Waals surface area contributed by atoms with Gasteiger partial charge in [0.25, 0.3) is 0 Å². The van der Waals surface area contributed by atoms with Crippen LogP contribution in [0.1, 0.15) is 6.92 Å². The second kappa shape index (κ2) is 11.2. The lowest BCUT2D eigenvalue weighted by atomic mass is 10.1. The number of carbonyl (C=O) groups excluding carboxylic acids is 2. The van der Waals surface area contributed by atoms with Crippen LogP contribution in [-0.2, 0) is 9.59 Å². The van der Waals surface area contributed by atoms with E-state index in [4.69, 9.17) is 14.2 Å². The van der Waals surface area contributed by atoms with Crippen LogP contribution in [-0.4, -0.2) is 49.1 Å². The minimum Gasteiger partial charge on any atom is -0.493 e. The Balaban J connectivity index is 1.61. The molecule has 0 fully saturated rings. The highest BCUT2D eigenvalue weighted by Gasteiger charge is 2.15. The number of carbonyl (C=O) groups is 2. The standard InChI is InChI=1S/C23H24N4O5S/c1-14(28)24-16-5-7-17(8-6-16)25-21(29)13-33-22-10-9-18(26-27-22)15-11-19(30-2)23(32-4)20(12-15)31-3/h5-12H,13H2,1-4H3,(H,24,28)(H,25,29). The minimum atomic E-state index is -0.178. The van der Waals surface area contributed by atoms with Crippen molar-refractivity contribution in [2.45, 2.75) is 11.9 Å². The number of anilines is 2. The fourth-order valence-electron chi connectivity index (χ4n) is 2.96. The maximum Gasteiger partial charge on any atom is 0.234 e. The predicted molar refractivity (Wildman–Crippen MR) is 127 cm³/mol. The number of methoxy groups -OCH3 is 3. The fraction of sp³-hybridized carbons (Fsp3) is 0.217. The number of amides is 2. The number of hydrogen-bond acceptors (Lipinski definition) is 8. The molecule has 0 bridgehead atoms. The summed E-state index contributed by atoms with van der Waals surface area (Å²) in [6.07, 6.45) is 0. The summed E-state index contributed by atoms with van der Waals surface area (Å²) in [6.45, 7) is 1.44. The first-order valence-electron chi connectivity index (χ1n) is 9.88. The SMILES string of the molecule is COc1cc(-c2ccc(SCC(=O)Nc3ccc(NC(C)=O)cc3)nn2)cc(OC)c1OC. The zero-order valence-corrected chi connectivity index (χ0v) is 19.5. The van der Waals surface area contributed by atoms with Crippen molar-refractivity contribution < 1.29 is 23.8 Å². The van der Waals surface area contributed by atoms with Crippen LogP contribution in [0.15, 0.2) is 53.6 Å². The molecular weight excluding hydrogens is 444 g/mol. The molecule has 0 spiro atoms. The van der Waals surface area contributed by atoms with Crippen molar-refractivity contribution in [3.8, 4) is 28.5 Å². The van der Waals surface area contributed by atoms with E-state index in [0.29, 0.717) is 39.3 Å². The van der Waals surface area contributed by atoms with Crippen LogP contribution in [0.2, 0.25) is 0 Å². The van der Waals surface area contributed by atoms with Gasteiger partial charge in [0.05, 0.1) is 32.8 Å². The molecule has 3 rings (SSSR count). The van der Waals surface area contributed by atoms with Crippen molar-refractivity contribution in [1.82, 2.24) is 10.2 Å². The van der Waals surface area contributed by atoms with Gasteiger partial charge in [-0.15, -0.1) is 10.2 Å². The van der Waals surface area contributed by atoms with Crippen LogP contribution in [0.25, 0.3) is 11.3 Å². The van der Waals surface area contributed by atoms with Crippen LogP contribution >= 0.6 is 11.8 Å². The van der Waals surface area contributed by atoms with Gasteiger partial charge in [-0.2, -0.15) is 0 Å². The first kappa shape index (κ1) is 23.9. The number of thioether (sulfide) groups is 1. The Morgan fingerprint density at radius 1 is 0.848 bits per heavy atom. The Bertz CT molecular complexity index is 1100. The topological polar surface area (TPSA) is 112 Å². The van der Waals surface area contributed by atoms with E-state index < -0.39 is 0 Å². The summed E-state index contributed by atoms with van der Waals surface area (Å²) in [7, 11) is 4.65. The third-order valence-electron chi connectivity index (χ3n) is 4.44. The highest BCUT2D eigenvalue weighted by molar-refractivity contribution is 7.99. The highest BCUT2D eigenvalue weighted by atomic mass is 32.2. The molecule has 1 heterocycles. The van der Waals surface area contributed by atoms with Gasteiger partial charge >= 0.3 is 0 Å². The first-order chi connectivity index (χ1) is 15.9. The van der Waals surface area contributed by atoms with Crippen molar-refractivity contribution >= 4 is 35.0 Å². The van der Waals surface area contributed by atoms with E-state index >= 15 is 0 Å². The van der Waals surface area contributed by atoms with Gasteiger partial charge in [-0.1, -0.05) is 11.8 Å². The molecule has 9 nitrogen and oxygen atoms in total. The summed E-state index contributed by atoms with van der Waals surface area (Å²) in [5.41, 5.74) is 2.69. The van der Waals surface area contributed by atoms with Crippen LogP contribution in [0.5, 0.6) is 17.2 Å². The van der Waals surface area contributed by atoms with Crippen LogP contribution in [0.3, 0.4) is 0 Å². The number of nitrogens with zero attached hydrogens (tertiary/aromatic N) is 2. The third-order valence-corrected chi connectivity index (χ3v) is 5.36. The van der Waals surface area contributed by atoms with Crippen molar-refractivity contribution in [1.29, 1.82) is 0 Å². The molecule has 2 aromatic carbocycles. The summed E-state index contributed by atoms with van der Waals surface area (Å²) in [5.74, 6) is 1.39. The Hall–Kier alpha value is -3.79. The average Bonchev–Trinajstić information content (AvgIpc) is 2.83. The van der Waals surface area contributed by atoms with E-state index in [1.165, 1.54) is 18.7 Å². The molecule has 3 aromatic rings. The average molecular weight is 469 g/mol. The van der Waals surface area contributed by atoms with E-state index in [1.54, 1.807) is 63.8 Å². The van der Waals surface area contributed by atoms with Gasteiger partial charge in [0, 0.05) is 23.9 Å². The summed E-state index contributed by atoms with van der Waals surface area (Å²) >= 11 is 1.27. The van der Waals surface area contributed by atoms with Crippen LogP contribution in [0, 0.1) is 0 Å². The van der Waals surface area contributed by atoms with Gasteiger partial charge in [0.1, 0.15) is 5.03 Å². The number of rotatable bonds is 9. The molecule has 0 aliphatic heterocycles. The molecule has 0 saturated heterocycles. The van der Waals surface area contributed by atoms with E-state index in [2.05, 4.69) is 20.8 Å². The Morgan fingerprint density at radius 2 is 1.45 bits per heavy atom. The molecule has 10 heteroatoms. The number of aromatic nitrogens is 2. The maximum atomic E-state index is 12.2. The molecular formula is C23H24N4O5S. The molecule has 172 valence electrons. The molecule has 0 unspecified atom stereocenters. The van der Waals surface area contributed by atoms with Crippen molar-refractivity contribution in [3.63, 3.8) is 0 Å². The van der Waals surface area contributed by atoms with E-state index in [-0.39, 0.29) is 17.6 Å². The molecule has 33 heavy (non-hydrogen) atoms. The smallest absolute Gasteiger partial charge is 0.234 e. The zero-order valence-electron chi connectivity index (χ0n) is 18.7. The van der Waals surface area contributed by atoms with Crippen molar-refractivity contribution in [2.24, 2.45) is 0 Å². The fourth-order valence-corrected chi connectivity index (χ4v) is 3.57. The van der Waals surface area contributed by atoms with Gasteiger partial charge in [-0.25, -0.2) is 0 Å². The van der Waals surface area contributed by atoms with Crippen molar-refractivity contribution in [2.75, 3.05) is 37.7 Å². The van der Waals surface area contributed by atoms with Gasteiger partial charge < -0.3 is 24.8 Å². The number of hydrogen-bond donors (Lipinski definition) is 2. The van der Waals surface area contributed by atoms with Gasteiger partial charge in [-0.3, -0.25) is 9.59 Å². The van der Waals surface area contributed by atoms with Gasteiger partial charge in [-0.05, 0) is 48.5 Å². The molecule has 2 amide bonds. The molecule has 0 aliphatic carbocycles. The van der Waals surface area contributed by atoms with E-state index in [0.717, 1.165) is 5.56 Å². The van der Waals surface area contributed by atoms with E-state index in [9.17, 15) is 9.59 Å². The number of benzene rings is 2. The number of nitrogens with one attached hydrogen (secondary N) is 2. The summed E-state index contributed by atoms with van der Waals surface area (Å²) in [6, 6.07) is 14.1. The molecule has 2 N–H and O–H groups in total. The first-order valence-corrected chi connectivity index (χ1v) is 10.9. The summed E-state index contributed by atoms with van der Waals surface area (Å²) < 4.78 is 16.1. The summed E-state index contributed by atoms with van der Waals surface area (Å²) in [4.78, 5) is 23.3. The van der Waals surface area contributed by atoms with Crippen LogP contribution in [0.4, 0.5) is 11.4 Å². The van der Waals surface area contributed by atoms with Crippen molar-refractivity contribution in [3.05, 3.63) is 48.5 Å². The Labute approximate surface area is 195 Å². The number of ether oxygens (including phenoxy) is 3. The normalized spacial score (nSPS) is 10.3. The van der Waals surface area contributed by atoms with Gasteiger partial charge in [0.2, 0.25) is 17.6 Å². The molecule has 0 saturated carbocycles. The van der Waals surface area contributed by atoms with Crippen LogP contribution < -0.4 is 24.8 Å². The quantitative estimate of drug-likeness (QED) is 0.456.